The van der Waals surface area contributed by atoms with Crippen LogP contribution in [0.15, 0.2) is 47.3 Å². The lowest BCUT2D eigenvalue weighted by Gasteiger charge is -2.09. The Labute approximate surface area is 120 Å². The van der Waals surface area contributed by atoms with Crippen molar-refractivity contribution in [2.75, 3.05) is 6.54 Å². The molecule has 1 unspecified atom stereocenters. The van der Waals surface area contributed by atoms with E-state index >= 15 is 0 Å². The SMILES string of the molecule is O=C(NCCC(O)c1ccoc1)c1cccc([N+](=O)[O-])c1. The van der Waals surface area contributed by atoms with Crippen molar-refractivity contribution in [2.45, 2.75) is 12.5 Å². The average Bonchev–Trinajstić information content (AvgIpc) is 3.01. The van der Waals surface area contributed by atoms with Crippen molar-refractivity contribution in [3.63, 3.8) is 0 Å². The predicted molar refractivity (Wildman–Crippen MR) is 73.7 cm³/mol. The number of nitro benzene ring substituents is 1. The summed E-state index contributed by atoms with van der Waals surface area (Å²) in [5.74, 6) is -0.418. The van der Waals surface area contributed by atoms with Gasteiger partial charge in [0.25, 0.3) is 11.6 Å². The number of nitrogens with zero attached hydrogens (tertiary/aromatic N) is 1. The maximum Gasteiger partial charge on any atom is 0.270 e. The van der Waals surface area contributed by atoms with E-state index in [4.69, 9.17) is 4.42 Å². The number of nitro groups is 1. The van der Waals surface area contributed by atoms with Crippen LogP contribution in [0.25, 0.3) is 0 Å². The number of carbonyl (C=O) groups is 1. The van der Waals surface area contributed by atoms with E-state index in [0.29, 0.717) is 12.0 Å². The number of benzene rings is 1. The highest BCUT2D eigenvalue weighted by molar-refractivity contribution is 5.94. The predicted octanol–water partition coefficient (Wildman–Crippen LogP) is 2.04. The van der Waals surface area contributed by atoms with E-state index in [0.717, 1.165) is 0 Å². The Morgan fingerprint density at radius 2 is 2.24 bits per heavy atom. The molecule has 2 N–H and O–H groups in total. The summed E-state index contributed by atoms with van der Waals surface area (Å²) in [6.07, 6.45) is 2.49. The van der Waals surface area contributed by atoms with E-state index in [1.165, 1.54) is 36.8 Å². The lowest BCUT2D eigenvalue weighted by Crippen LogP contribution is -2.25. The summed E-state index contributed by atoms with van der Waals surface area (Å²) >= 11 is 0. The number of furan rings is 1. The number of amides is 1. The Kier molecular flexibility index (Phi) is 4.68. The second-order valence-electron chi connectivity index (χ2n) is 4.42. The number of rotatable bonds is 6. The van der Waals surface area contributed by atoms with Gasteiger partial charge in [-0.1, -0.05) is 6.07 Å². The first kappa shape index (κ1) is 14.7. The van der Waals surface area contributed by atoms with Crippen LogP contribution in [0.3, 0.4) is 0 Å². The van der Waals surface area contributed by atoms with Crippen molar-refractivity contribution in [2.24, 2.45) is 0 Å². The van der Waals surface area contributed by atoms with Gasteiger partial charge in [0.2, 0.25) is 0 Å². The van der Waals surface area contributed by atoms with Crippen molar-refractivity contribution in [3.05, 3.63) is 64.1 Å². The lowest BCUT2D eigenvalue weighted by molar-refractivity contribution is -0.384. The molecule has 21 heavy (non-hydrogen) atoms. The number of aliphatic hydroxyl groups is 1. The molecule has 0 saturated carbocycles. The van der Waals surface area contributed by atoms with Crippen LogP contribution in [0.5, 0.6) is 0 Å². The smallest absolute Gasteiger partial charge is 0.270 e. The number of hydrogen-bond acceptors (Lipinski definition) is 5. The highest BCUT2D eigenvalue weighted by Gasteiger charge is 2.12. The molecule has 0 spiro atoms. The van der Waals surface area contributed by atoms with Gasteiger partial charge in [-0.25, -0.2) is 0 Å². The van der Waals surface area contributed by atoms with Gasteiger partial charge in [0.15, 0.2) is 0 Å². The standard InChI is InChI=1S/C14H14N2O5/c17-13(11-5-7-21-9-11)4-6-15-14(18)10-2-1-3-12(8-10)16(19)20/h1-3,5,7-9,13,17H,4,6H2,(H,15,18). The quantitative estimate of drug-likeness (QED) is 0.625. The molecule has 7 heteroatoms. The summed E-state index contributed by atoms with van der Waals surface area (Å²) in [7, 11) is 0. The molecular formula is C14H14N2O5. The molecule has 1 aromatic carbocycles. The normalized spacial score (nSPS) is 11.9. The van der Waals surface area contributed by atoms with Crippen LogP contribution in [-0.4, -0.2) is 22.5 Å². The number of aliphatic hydroxyl groups excluding tert-OH is 1. The zero-order valence-corrected chi connectivity index (χ0v) is 11.1. The fourth-order valence-electron chi connectivity index (χ4n) is 1.82. The third-order valence-corrected chi connectivity index (χ3v) is 2.95. The maximum atomic E-state index is 11.9. The van der Waals surface area contributed by atoms with Crippen LogP contribution in [0.1, 0.15) is 28.4 Å². The minimum atomic E-state index is -0.728. The van der Waals surface area contributed by atoms with E-state index in [1.807, 2.05) is 0 Å². The zero-order valence-electron chi connectivity index (χ0n) is 11.1. The molecule has 0 saturated heterocycles. The third kappa shape index (κ3) is 3.90. The summed E-state index contributed by atoms with van der Waals surface area (Å²) in [4.78, 5) is 21.9. The number of carbonyl (C=O) groups excluding carboxylic acids is 1. The largest absolute Gasteiger partial charge is 0.472 e. The molecule has 110 valence electrons. The molecule has 1 aromatic heterocycles. The molecule has 0 aliphatic heterocycles. The highest BCUT2D eigenvalue weighted by atomic mass is 16.6. The monoisotopic (exact) mass is 290 g/mol. The topological polar surface area (TPSA) is 106 Å². The molecule has 2 aromatic rings. The van der Waals surface area contributed by atoms with E-state index in [1.54, 1.807) is 6.07 Å². The fourth-order valence-corrected chi connectivity index (χ4v) is 1.82. The van der Waals surface area contributed by atoms with Crippen LogP contribution in [0, 0.1) is 10.1 Å². The van der Waals surface area contributed by atoms with Crippen molar-refractivity contribution in [1.29, 1.82) is 0 Å². The molecule has 7 nitrogen and oxygen atoms in total. The molecule has 0 bridgehead atoms. The highest BCUT2D eigenvalue weighted by Crippen LogP contribution is 2.16. The minimum Gasteiger partial charge on any atom is -0.472 e. The van der Waals surface area contributed by atoms with Gasteiger partial charge in [-0.2, -0.15) is 0 Å². The Morgan fingerprint density at radius 3 is 2.90 bits per heavy atom. The second kappa shape index (κ2) is 6.67. The van der Waals surface area contributed by atoms with E-state index in [9.17, 15) is 20.0 Å². The van der Waals surface area contributed by atoms with Crippen molar-refractivity contribution in [1.82, 2.24) is 5.32 Å². The van der Waals surface area contributed by atoms with Crippen LogP contribution >= 0.6 is 0 Å². The average molecular weight is 290 g/mol. The molecule has 1 amide bonds. The molecule has 0 aliphatic carbocycles. The zero-order chi connectivity index (χ0) is 15.2. The van der Waals surface area contributed by atoms with Crippen LogP contribution in [0.2, 0.25) is 0 Å². The molecule has 0 aliphatic rings. The molecule has 2 rings (SSSR count). The van der Waals surface area contributed by atoms with Gasteiger partial charge in [0, 0.05) is 29.8 Å². The first-order chi connectivity index (χ1) is 10.1. The number of nitrogens with one attached hydrogen (secondary N) is 1. The Balaban J connectivity index is 1.87. The Hall–Kier alpha value is -2.67. The van der Waals surface area contributed by atoms with Crippen LogP contribution in [-0.2, 0) is 0 Å². The van der Waals surface area contributed by atoms with Gasteiger partial charge >= 0.3 is 0 Å². The fraction of sp³-hybridized carbons (Fsp3) is 0.214. The van der Waals surface area contributed by atoms with E-state index in [-0.39, 0.29) is 17.8 Å². The third-order valence-electron chi connectivity index (χ3n) is 2.95. The number of non-ortho nitro benzene ring substituents is 1. The second-order valence-corrected chi connectivity index (χ2v) is 4.42. The summed E-state index contributed by atoms with van der Waals surface area (Å²) < 4.78 is 4.86. The number of hydrogen-bond donors (Lipinski definition) is 2. The lowest BCUT2D eigenvalue weighted by atomic mass is 10.1. The van der Waals surface area contributed by atoms with E-state index in [2.05, 4.69) is 5.32 Å². The molecule has 0 radical (unpaired) electrons. The van der Waals surface area contributed by atoms with Gasteiger partial charge < -0.3 is 14.8 Å². The van der Waals surface area contributed by atoms with Gasteiger partial charge in [-0.05, 0) is 18.6 Å². The molecule has 1 heterocycles. The molecule has 0 fully saturated rings. The first-order valence-electron chi connectivity index (χ1n) is 6.31. The maximum absolute atomic E-state index is 11.9. The first-order valence-corrected chi connectivity index (χ1v) is 6.31. The van der Waals surface area contributed by atoms with Crippen molar-refractivity contribution >= 4 is 11.6 Å². The van der Waals surface area contributed by atoms with E-state index < -0.39 is 16.9 Å². The summed E-state index contributed by atoms with van der Waals surface area (Å²) in [6.45, 7) is 0.244. The van der Waals surface area contributed by atoms with Crippen molar-refractivity contribution in [3.8, 4) is 0 Å². The van der Waals surface area contributed by atoms with Gasteiger partial charge in [-0.3, -0.25) is 14.9 Å². The minimum absolute atomic E-state index is 0.138. The van der Waals surface area contributed by atoms with Gasteiger partial charge in [-0.15, -0.1) is 0 Å². The summed E-state index contributed by atoms with van der Waals surface area (Å²) in [5.41, 5.74) is 0.711. The summed E-state index contributed by atoms with van der Waals surface area (Å²) in [5, 5.41) is 23.1. The Bertz CT molecular complexity index is 624. The van der Waals surface area contributed by atoms with Gasteiger partial charge in [0.1, 0.15) is 0 Å². The molecule has 1 atom stereocenters. The van der Waals surface area contributed by atoms with Crippen LogP contribution < -0.4 is 5.32 Å². The Morgan fingerprint density at radius 1 is 1.43 bits per heavy atom. The summed E-state index contributed by atoms with van der Waals surface area (Å²) in [6, 6.07) is 7.12. The van der Waals surface area contributed by atoms with Crippen LogP contribution in [0.4, 0.5) is 5.69 Å². The molecular weight excluding hydrogens is 276 g/mol. The van der Waals surface area contributed by atoms with Crippen molar-refractivity contribution < 1.29 is 19.2 Å². The van der Waals surface area contributed by atoms with Gasteiger partial charge in [0.05, 0.1) is 23.6 Å².